The minimum absolute atomic E-state index is 0.0122. The number of anilines is 1. The van der Waals surface area contributed by atoms with E-state index in [2.05, 4.69) is 32.0 Å². The van der Waals surface area contributed by atoms with Crippen LogP contribution in [0.5, 0.6) is 5.75 Å². The van der Waals surface area contributed by atoms with E-state index in [-0.39, 0.29) is 17.4 Å². The predicted molar refractivity (Wildman–Crippen MR) is 108 cm³/mol. The molecule has 144 valence electrons. The number of alkyl halides is 2. The Morgan fingerprint density at radius 1 is 0.893 bits per heavy atom. The molecule has 3 aromatic rings. The number of ether oxygens (including phenoxy) is 1. The van der Waals surface area contributed by atoms with Crippen LogP contribution in [0.3, 0.4) is 0 Å². The van der Waals surface area contributed by atoms with E-state index in [1.165, 1.54) is 28.8 Å². The van der Waals surface area contributed by atoms with Crippen molar-refractivity contribution in [3.05, 3.63) is 94.0 Å². The lowest BCUT2D eigenvalue weighted by Crippen LogP contribution is -2.25. The first kappa shape index (κ1) is 18.5. The number of aryl methyl sites for hydroxylation is 2. The van der Waals surface area contributed by atoms with Gasteiger partial charge in [-0.1, -0.05) is 42.5 Å². The molecule has 0 saturated carbocycles. The summed E-state index contributed by atoms with van der Waals surface area (Å²) in [5, 5.41) is 0. The van der Waals surface area contributed by atoms with Gasteiger partial charge in [0.25, 0.3) is 6.43 Å². The van der Waals surface area contributed by atoms with Gasteiger partial charge < -0.3 is 10.5 Å². The molecule has 4 rings (SSSR count). The van der Waals surface area contributed by atoms with Gasteiger partial charge in [0.05, 0.1) is 6.61 Å². The highest BCUT2D eigenvalue weighted by atomic mass is 19.3. The summed E-state index contributed by atoms with van der Waals surface area (Å²) in [6.07, 6.45) is -2.51. The van der Waals surface area contributed by atoms with E-state index in [9.17, 15) is 8.78 Å². The lowest BCUT2D eigenvalue weighted by molar-refractivity contribution is 0.150. The molecular weight excluding hydrogens is 356 g/mol. The fourth-order valence-electron chi connectivity index (χ4n) is 3.96. The van der Waals surface area contributed by atoms with E-state index in [1.807, 2.05) is 24.3 Å². The molecule has 2 N–H and O–H groups in total. The van der Waals surface area contributed by atoms with E-state index in [0.717, 1.165) is 11.1 Å². The maximum Gasteiger partial charge on any atom is 0.263 e. The van der Waals surface area contributed by atoms with Crippen molar-refractivity contribution in [2.75, 3.05) is 12.3 Å². The lowest BCUT2D eigenvalue weighted by atomic mass is 9.75. The number of nitrogen functional groups attached to an aromatic ring is 1. The SMILES string of the molecule is Cc1ccc(C2COc3cc(C(F)F)ccc3C2c2ccc(N)cc2)cc1C. The molecule has 1 aliphatic heterocycles. The molecule has 0 bridgehead atoms. The molecule has 0 saturated heterocycles. The van der Waals surface area contributed by atoms with Crippen LogP contribution in [0.25, 0.3) is 0 Å². The Kier molecular flexibility index (Phi) is 4.80. The molecule has 3 aromatic carbocycles. The normalized spacial score (nSPS) is 18.6. The molecule has 28 heavy (non-hydrogen) atoms. The first-order chi connectivity index (χ1) is 13.4. The standard InChI is InChI=1S/C24H23F2NO/c1-14-3-4-17(11-15(14)2)21-13-28-22-12-18(24(25)26)7-10-20(22)23(21)16-5-8-19(27)9-6-16/h3-12,21,23-24H,13,27H2,1-2H3. The van der Waals surface area contributed by atoms with Gasteiger partial charge in [-0.25, -0.2) is 8.78 Å². The Bertz CT molecular complexity index is 998. The average molecular weight is 379 g/mol. The van der Waals surface area contributed by atoms with Gasteiger partial charge in [-0.15, -0.1) is 0 Å². The smallest absolute Gasteiger partial charge is 0.263 e. The summed E-state index contributed by atoms with van der Waals surface area (Å²) in [6.45, 7) is 4.63. The second-order valence-electron chi connectivity index (χ2n) is 7.50. The fraction of sp³-hybridized carbons (Fsp3) is 0.250. The number of nitrogens with two attached hydrogens (primary N) is 1. The fourth-order valence-corrected chi connectivity index (χ4v) is 3.96. The van der Waals surface area contributed by atoms with Crippen molar-refractivity contribution < 1.29 is 13.5 Å². The minimum atomic E-state index is -2.51. The van der Waals surface area contributed by atoms with E-state index < -0.39 is 6.43 Å². The topological polar surface area (TPSA) is 35.2 Å². The molecule has 0 aliphatic carbocycles. The van der Waals surface area contributed by atoms with E-state index in [4.69, 9.17) is 10.5 Å². The van der Waals surface area contributed by atoms with Crippen molar-refractivity contribution in [2.45, 2.75) is 32.1 Å². The highest BCUT2D eigenvalue weighted by molar-refractivity contribution is 5.51. The van der Waals surface area contributed by atoms with Crippen LogP contribution >= 0.6 is 0 Å². The third-order valence-corrected chi connectivity index (χ3v) is 5.70. The average Bonchev–Trinajstić information content (AvgIpc) is 2.69. The molecule has 4 heteroatoms. The molecule has 0 aromatic heterocycles. The third kappa shape index (κ3) is 3.35. The molecule has 2 atom stereocenters. The van der Waals surface area contributed by atoms with Crippen LogP contribution in [-0.4, -0.2) is 6.61 Å². The zero-order valence-corrected chi connectivity index (χ0v) is 16.0. The summed E-state index contributed by atoms with van der Waals surface area (Å²) in [4.78, 5) is 0. The second-order valence-corrected chi connectivity index (χ2v) is 7.50. The van der Waals surface area contributed by atoms with Gasteiger partial charge in [-0.3, -0.25) is 0 Å². The first-order valence-corrected chi connectivity index (χ1v) is 9.41. The molecule has 1 aliphatic rings. The summed E-state index contributed by atoms with van der Waals surface area (Å²) in [5.41, 5.74) is 12.3. The molecule has 0 spiro atoms. The lowest BCUT2D eigenvalue weighted by Gasteiger charge is -2.35. The van der Waals surface area contributed by atoms with E-state index >= 15 is 0 Å². The van der Waals surface area contributed by atoms with Gasteiger partial charge in [-0.2, -0.15) is 0 Å². The number of hydrogen-bond donors (Lipinski definition) is 1. The molecule has 1 heterocycles. The Labute approximate surface area is 164 Å². The highest BCUT2D eigenvalue weighted by Crippen LogP contribution is 2.47. The summed E-state index contributed by atoms with van der Waals surface area (Å²) in [7, 11) is 0. The summed E-state index contributed by atoms with van der Waals surface area (Å²) < 4.78 is 32.3. The van der Waals surface area contributed by atoms with Crippen LogP contribution in [-0.2, 0) is 0 Å². The Morgan fingerprint density at radius 2 is 1.61 bits per heavy atom. The largest absolute Gasteiger partial charge is 0.493 e. The predicted octanol–water partition coefficient (Wildman–Crippen LogP) is 6.13. The monoisotopic (exact) mass is 379 g/mol. The molecular formula is C24H23F2NO. The van der Waals surface area contributed by atoms with Gasteiger partial charge in [0.2, 0.25) is 0 Å². The van der Waals surface area contributed by atoms with Crippen LogP contribution in [0.15, 0.2) is 60.7 Å². The number of benzene rings is 3. The van der Waals surface area contributed by atoms with Crippen molar-refractivity contribution in [1.29, 1.82) is 0 Å². The maximum absolute atomic E-state index is 13.2. The van der Waals surface area contributed by atoms with Crippen molar-refractivity contribution in [1.82, 2.24) is 0 Å². The summed E-state index contributed by atoms with van der Waals surface area (Å²) in [5.74, 6) is 0.644. The Hall–Kier alpha value is -2.88. The number of halogens is 2. The Morgan fingerprint density at radius 3 is 2.29 bits per heavy atom. The molecule has 0 amide bonds. The first-order valence-electron chi connectivity index (χ1n) is 9.41. The van der Waals surface area contributed by atoms with E-state index in [0.29, 0.717) is 18.0 Å². The van der Waals surface area contributed by atoms with Gasteiger partial charge >= 0.3 is 0 Å². The van der Waals surface area contributed by atoms with Crippen LogP contribution in [0.2, 0.25) is 0 Å². The number of fused-ring (bicyclic) bond motifs is 1. The zero-order chi connectivity index (χ0) is 19.8. The van der Waals surface area contributed by atoms with Crippen LogP contribution in [0.4, 0.5) is 14.5 Å². The second kappa shape index (κ2) is 7.27. The molecule has 0 radical (unpaired) electrons. The summed E-state index contributed by atoms with van der Waals surface area (Å²) in [6, 6.07) is 19.0. The third-order valence-electron chi connectivity index (χ3n) is 5.70. The van der Waals surface area contributed by atoms with Gasteiger partial charge in [0.1, 0.15) is 5.75 Å². The van der Waals surface area contributed by atoms with Gasteiger partial charge in [0.15, 0.2) is 0 Å². The van der Waals surface area contributed by atoms with Crippen molar-refractivity contribution >= 4 is 5.69 Å². The zero-order valence-electron chi connectivity index (χ0n) is 16.0. The molecule has 2 unspecified atom stereocenters. The van der Waals surface area contributed by atoms with Crippen molar-refractivity contribution in [3.63, 3.8) is 0 Å². The van der Waals surface area contributed by atoms with Gasteiger partial charge in [0, 0.05) is 28.7 Å². The Balaban J connectivity index is 1.84. The van der Waals surface area contributed by atoms with Crippen LogP contribution in [0.1, 0.15) is 51.6 Å². The van der Waals surface area contributed by atoms with E-state index in [1.54, 1.807) is 6.07 Å². The maximum atomic E-state index is 13.2. The number of rotatable bonds is 3. The summed E-state index contributed by atoms with van der Waals surface area (Å²) >= 11 is 0. The van der Waals surface area contributed by atoms with Gasteiger partial charge in [-0.05, 0) is 54.3 Å². The van der Waals surface area contributed by atoms with Crippen molar-refractivity contribution in [3.8, 4) is 5.75 Å². The highest BCUT2D eigenvalue weighted by Gasteiger charge is 2.34. The van der Waals surface area contributed by atoms with Crippen molar-refractivity contribution in [2.24, 2.45) is 0 Å². The molecule has 2 nitrogen and oxygen atoms in total. The van der Waals surface area contributed by atoms with Crippen LogP contribution < -0.4 is 10.5 Å². The van der Waals surface area contributed by atoms with Crippen LogP contribution in [0, 0.1) is 13.8 Å². The quantitative estimate of drug-likeness (QED) is 0.556. The molecule has 0 fully saturated rings. The minimum Gasteiger partial charge on any atom is -0.493 e. The number of hydrogen-bond acceptors (Lipinski definition) is 2.